The molecule has 0 N–H and O–H groups in total. The van der Waals surface area contributed by atoms with Crippen LogP contribution in [0.4, 0.5) is 0 Å². The summed E-state index contributed by atoms with van der Waals surface area (Å²) in [5, 5.41) is 0. The van der Waals surface area contributed by atoms with E-state index in [4.69, 9.17) is 14.2 Å². The van der Waals surface area contributed by atoms with Crippen molar-refractivity contribution in [2.24, 2.45) is 0 Å². The van der Waals surface area contributed by atoms with Gasteiger partial charge in [-0.3, -0.25) is 9.80 Å². The molecule has 33 heavy (non-hydrogen) atoms. The molecule has 0 radical (unpaired) electrons. The highest BCUT2D eigenvalue weighted by Crippen LogP contribution is 2.31. The summed E-state index contributed by atoms with van der Waals surface area (Å²) in [6.07, 6.45) is 14.1. The maximum atomic E-state index is 6.60. The summed E-state index contributed by atoms with van der Waals surface area (Å²) in [5.41, 5.74) is 0. The number of para-hydroxylation sites is 2. The summed E-state index contributed by atoms with van der Waals surface area (Å²) in [6, 6.07) is 8.21. The molecular formula is C28H50N2O3. The number of unbranched alkanes of at least 4 members (excludes halogenated alkanes) is 6. The summed E-state index contributed by atoms with van der Waals surface area (Å²) in [5.74, 6) is 1.71. The number of nitrogens with zero attached hydrogens (tertiary/aromatic N) is 2. The highest BCUT2D eigenvalue weighted by Gasteiger charge is 2.22. The van der Waals surface area contributed by atoms with E-state index in [9.17, 15) is 0 Å². The lowest BCUT2D eigenvalue weighted by molar-refractivity contribution is 0.0154. The summed E-state index contributed by atoms with van der Waals surface area (Å²) in [4.78, 5) is 4.73. The fourth-order valence-corrected chi connectivity index (χ4v) is 4.36. The Balaban J connectivity index is 2.09. The quantitative estimate of drug-likeness (QED) is 0.322. The number of hydrogen-bond donors (Lipinski definition) is 0. The molecule has 5 nitrogen and oxygen atoms in total. The fourth-order valence-electron chi connectivity index (χ4n) is 4.36. The van der Waals surface area contributed by atoms with Crippen molar-refractivity contribution in [3.8, 4) is 11.5 Å². The van der Waals surface area contributed by atoms with Gasteiger partial charge >= 0.3 is 0 Å². The van der Waals surface area contributed by atoms with Gasteiger partial charge in [0.15, 0.2) is 24.0 Å². The van der Waals surface area contributed by atoms with Crippen molar-refractivity contribution in [2.75, 3.05) is 40.4 Å². The molecule has 0 spiro atoms. The first-order chi connectivity index (χ1) is 16.2. The number of rotatable bonds is 12. The number of hydrogen-bond acceptors (Lipinski definition) is 5. The first-order valence-corrected chi connectivity index (χ1v) is 13.6. The Bertz CT molecular complexity index is 562. The molecule has 1 heterocycles. The Morgan fingerprint density at radius 3 is 1.58 bits per heavy atom. The molecule has 0 bridgehead atoms. The van der Waals surface area contributed by atoms with Crippen LogP contribution in [0.15, 0.2) is 24.3 Å². The molecule has 1 aromatic rings. The molecule has 0 saturated carbocycles. The van der Waals surface area contributed by atoms with Gasteiger partial charge in [-0.15, -0.1) is 0 Å². The van der Waals surface area contributed by atoms with Crippen molar-refractivity contribution < 1.29 is 14.2 Å². The molecule has 2 unspecified atom stereocenters. The van der Waals surface area contributed by atoms with Crippen LogP contribution in [0.5, 0.6) is 11.5 Å². The minimum Gasteiger partial charge on any atom is -0.471 e. The molecule has 0 fully saturated rings. The molecule has 0 saturated heterocycles. The normalized spacial score (nSPS) is 20.3. The third-order valence-corrected chi connectivity index (χ3v) is 6.57. The smallest absolute Gasteiger partial charge is 0.163 e. The molecular weight excluding hydrogens is 412 g/mol. The topological polar surface area (TPSA) is 34.2 Å². The molecule has 190 valence electrons. The maximum Gasteiger partial charge on any atom is 0.163 e. The molecule has 0 aromatic heterocycles. The highest BCUT2D eigenvalue weighted by atomic mass is 16.5. The Morgan fingerprint density at radius 1 is 0.697 bits per heavy atom. The zero-order valence-electron chi connectivity index (χ0n) is 21.9. The van der Waals surface area contributed by atoms with Crippen molar-refractivity contribution in [2.45, 2.75) is 103 Å². The third kappa shape index (κ3) is 11.1. The molecule has 1 aromatic carbocycles. The Kier molecular flexibility index (Phi) is 14.5. The molecule has 0 amide bonds. The maximum absolute atomic E-state index is 6.60. The Hall–Kier alpha value is -1.30. The van der Waals surface area contributed by atoms with Gasteiger partial charge in [0.05, 0.1) is 0 Å². The van der Waals surface area contributed by atoms with Gasteiger partial charge < -0.3 is 14.2 Å². The van der Waals surface area contributed by atoms with Crippen molar-refractivity contribution in [3.63, 3.8) is 0 Å². The van der Waals surface area contributed by atoms with Crippen LogP contribution in [0, 0.1) is 0 Å². The number of fused-ring (bicyclic) bond motifs is 1. The Morgan fingerprint density at radius 2 is 1.15 bits per heavy atom. The monoisotopic (exact) mass is 462 g/mol. The Labute approximate surface area is 203 Å². The van der Waals surface area contributed by atoms with Crippen LogP contribution in [0.1, 0.15) is 90.9 Å². The predicted octanol–water partition coefficient (Wildman–Crippen LogP) is 6.71. The summed E-state index contributed by atoms with van der Waals surface area (Å²) in [7, 11) is 4.37. The average Bonchev–Trinajstić information content (AvgIpc) is 2.84. The van der Waals surface area contributed by atoms with Crippen molar-refractivity contribution in [1.82, 2.24) is 9.80 Å². The zero-order chi connectivity index (χ0) is 23.7. The van der Waals surface area contributed by atoms with Crippen molar-refractivity contribution >= 4 is 0 Å². The molecule has 1 aliphatic heterocycles. The molecule has 1 aliphatic rings. The van der Waals surface area contributed by atoms with E-state index in [1.807, 2.05) is 12.1 Å². The van der Waals surface area contributed by atoms with Crippen LogP contribution in [-0.4, -0.2) is 62.7 Å². The second kappa shape index (κ2) is 17.2. The number of ether oxygens (including phenoxy) is 3. The van der Waals surface area contributed by atoms with Gasteiger partial charge in [-0.05, 0) is 51.9 Å². The van der Waals surface area contributed by atoms with Crippen LogP contribution < -0.4 is 9.47 Å². The first kappa shape index (κ1) is 27.9. The van der Waals surface area contributed by atoms with Crippen LogP contribution in [0.3, 0.4) is 0 Å². The molecule has 2 rings (SSSR count). The average molecular weight is 463 g/mol. The van der Waals surface area contributed by atoms with E-state index in [0.29, 0.717) is 0 Å². The van der Waals surface area contributed by atoms with E-state index in [1.54, 1.807) is 0 Å². The largest absolute Gasteiger partial charge is 0.471 e. The van der Waals surface area contributed by atoms with Gasteiger partial charge in [0.2, 0.25) is 0 Å². The van der Waals surface area contributed by atoms with E-state index >= 15 is 0 Å². The molecule has 2 atom stereocenters. The number of benzene rings is 1. The van der Waals surface area contributed by atoms with E-state index in [2.05, 4.69) is 49.9 Å². The van der Waals surface area contributed by atoms with Crippen LogP contribution >= 0.6 is 0 Å². The van der Waals surface area contributed by atoms with Crippen LogP contribution in [-0.2, 0) is 4.74 Å². The van der Waals surface area contributed by atoms with E-state index in [1.165, 1.54) is 51.4 Å². The van der Waals surface area contributed by atoms with E-state index in [0.717, 1.165) is 63.5 Å². The first-order valence-electron chi connectivity index (χ1n) is 13.6. The lowest BCUT2D eigenvalue weighted by atomic mass is 10.2. The van der Waals surface area contributed by atoms with Gasteiger partial charge in [-0.1, -0.05) is 64.5 Å². The van der Waals surface area contributed by atoms with Gasteiger partial charge in [-0.2, -0.15) is 0 Å². The molecule has 5 heteroatoms. The zero-order valence-corrected chi connectivity index (χ0v) is 21.9. The van der Waals surface area contributed by atoms with Gasteiger partial charge in [0, 0.05) is 39.1 Å². The lowest BCUT2D eigenvalue weighted by Crippen LogP contribution is -2.38. The lowest BCUT2D eigenvalue weighted by Gasteiger charge is -2.31. The fraction of sp³-hybridized carbons (Fsp3) is 0.786. The van der Waals surface area contributed by atoms with Gasteiger partial charge in [0.1, 0.15) is 0 Å². The van der Waals surface area contributed by atoms with E-state index < -0.39 is 0 Å². The minimum absolute atomic E-state index is 0.0333. The predicted molar refractivity (Wildman–Crippen MR) is 138 cm³/mol. The SMILES string of the molecule is CCCCCCN(C)C1CCCOCCCC(N(C)CCCCCC)Oc2ccccc2O1. The second-order valence-electron chi connectivity index (χ2n) is 9.57. The van der Waals surface area contributed by atoms with E-state index in [-0.39, 0.29) is 12.5 Å². The van der Waals surface area contributed by atoms with Gasteiger partial charge in [0.25, 0.3) is 0 Å². The van der Waals surface area contributed by atoms with Crippen molar-refractivity contribution in [1.29, 1.82) is 0 Å². The summed E-state index contributed by atoms with van der Waals surface area (Å²) >= 11 is 0. The standard InChI is InChI=1S/C28H50N2O3/c1-5-7-9-13-21-29(3)27-19-15-23-31-24-16-20-28(30(4)22-14-10-8-6-2)33-26-18-12-11-17-25(26)32-27/h11-12,17-18,27-28H,5-10,13-16,19-24H2,1-4H3. The van der Waals surface area contributed by atoms with Gasteiger partial charge in [-0.25, -0.2) is 0 Å². The molecule has 0 aliphatic carbocycles. The van der Waals surface area contributed by atoms with Crippen LogP contribution in [0.25, 0.3) is 0 Å². The summed E-state index contributed by atoms with van der Waals surface area (Å²) in [6.45, 7) is 8.21. The van der Waals surface area contributed by atoms with Crippen LogP contribution in [0.2, 0.25) is 0 Å². The summed E-state index contributed by atoms with van der Waals surface area (Å²) < 4.78 is 19.2. The third-order valence-electron chi connectivity index (χ3n) is 6.57. The van der Waals surface area contributed by atoms with Crippen molar-refractivity contribution in [3.05, 3.63) is 24.3 Å². The minimum atomic E-state index is 0.0333. The highest BCUT2D eigenvalue weighted by molar-refractivity contribution is 5.39. The second-order valence-corrected chi connectivity index (χ2v) is 9.57.